The van der Waals surface area contributed by atoms with Gasteiger partial charge < -0.3 is 16.0 Å². The van der Waals surface area contributed by atoms with Crippen LogP contribution in [0.25, 0.3) is 0 Å². The fourth-order valence-electron chi connectivity index (χ4n) is 3.40. The van der Waals surface area contributed by atoms with Crippen molar-refractivity contribution < 1.29 is 9.31 Å². The van der Waals surface area contributed by atoms with E-state index in [1.165, 1.54) is 18.2 Å². The molecule has 0 spiro atoms. The van der Waals surface area contributed by atoms with E-state index in [-0.39, 0.29) is 11.6 Å². The number of hydrogen-bond acceptors (Lipinski definition) is 7. The number of nitrogens with one attached hydrogen (secondary N) is 1. The first-order valence-corrected chi connectivity index (χ1v) is 8.43. The summed E-state index contributed by atoms with van der Waals surface area (Å²) in [6.07, 6.45) is 1.10. The van der Waals surface area contributed by atoms with Gasteiger partial charge in [0.1, 0.15) is 5.82 Å². The molecule has 0 amide bonds. The highest BCUT2D eigenvalue weighted by Gasteiger charge is 2.28. The molecule has 2 aromatic rings. The van der Waals surface area contributed by atoms with Crippen molar-refractivity contribution in [1.29, 1.82) is 0 Å². The lowest BCUT2D eigenvalue weighted by molar-refractivity contribution is -0.383. The number of halogens is 1. The van der Waals surface area contributed by atoms with Crippen molar-refractivity contribution in [1.82, 2.24) is 9.97 Å². The zero-order chi connectivity index (χ0) is 18.8. The van der Waals surface area contributed by atoms with Crippen molar-refractivity contribution in [3.63, 3.8) is 0 Å². The molecule has 138 valence electrons. The van der Waals surface area contributed by atoms with Gasteiger partial charge in [-0.1, -0.05) is 19.9 Å². The van der Waals surface area contributed by atoms with Crippen LogP contribution in [-0.2, 0) is 0 Å². The van der Waals surface area contributed by atoms with Gasteiger partial charge in [0.25, 0.3) is 0 Å². The van der Waals surface area contributed by atoms with Crippen molar-refractivity contribution in [2.45, 2.75) is 20.3 Å². The standard InChI is InChI=1S/C17H21FN6O2/c1-10-6-11(2)9-23(8-10)17-21-15(19)14(24(25)26)16(22-17)20-13-5-3-4-12(18)7-13/h3-5,7,10-11H,6,8-9H2,1-2H3,(H3,19,20,21,22). The molecule has 1 aromatic carbocycles. The Balaban J connectivity index is 2.00. The van der Waals surface area contributed by atoms with E-state index in [9.17, 15) is 14.5 Å². The van der Waals surface area contributed by atoms with Gasteiger partial charge >= 0.3 is 5.69 Å². The summed E-state index contributed by atoms with van der Waals surface area (Å²) in [4.78, 5) is 21.2. The number of hydrogen-bond donors (Lipinski definition) is 2. The second kappa shape index (κ2) is 7.11. The Morgan fingerprint density at radius 2 is 2.00 bits per heavy atom. The normalized spacial score (nSPS) is 20.0. The van der Waals surface area contributed by atoms with Gasteiger partial charge in [0.15, 0.2) is 0 Å². The molecular weight excluding hydrogens is 339 g/mol. The van der Waals surface area contributed by atoms with Crippen molar-refractivity contribution in [3.8, 4) is 0 Å². The number of rotatable bonds is 4. The summed E-state index contributed by atoms with van der Waals surface area (Å²) in [6.45, 7) is 5.79. The molecule has 0 aliphatic carbocycles. The minimum Gasteiger partial charge on any atom is -0.378 e. The van der Waals surface area contributed by atoms with Gasteiger partial charge in [-0.25, -0.2) is 4.39 Å². The first kappa shape index (κ1) is 17.8. The van der Waals surface area contributed by atoms with Gasteiger partial charge in [-0.05, 0) is 36.5 Å². The van der Waals surface area contributed by atoms with E-state index in [1.807, 2.05) is 4.90 Å². The SMILES string of the molecule is CC1CC(C)CN(c2nc(N)c([N+](=O)[O-])c(Nc3cccc(F)c3)n2)C1. The highest BCUT2D eigenvalue weighted by atomic mass is 19.1. The molecule has 3 rings (SSSR count). The summed E-state index contributed by atoms with van der Waals surface area (Å²) in [7, 11) is 0. The Morgan fingerprint density at radius 1 is 1.31 bits per heavy atom. The van der Waals surface area contributed by atoms with Crippen molar-refractivity contribution in [2.75, 3.05) is 29.0 Å². The minimum atomic E-state index is -0.637. The maximum atomic E-state index is 13.4. The molecule has 1 aliphatic rings. The predicted octanol–water partition coefficient (Wildman–Crippen LogP) is 3.33. The van der Waals surface area contributed by atoms with Gasteiger partial charge in [-0.3, -0.25) is 10.1 Å². The Kier molecular flexibility index (Phi) is 4.88. The Labute approximate surface area is 150 Å². The topological polar surface area (TPSA) is 110 Å². The summed E-state index contributed by atoms with van der Waals surface area (Å²) in [5, 5.41) is 14.2. The van der Waals surface area contributed by atoms with Crippen LogP contribution in [-0.4, -0.2) is 28.0 Å². The number of anilines is 4. The number of nitrogen functional groups attached to an aromatic ring is 1. The molecule has 2 heterocycles. The van der Waals surface area contributed by atoms with Gasteiger partial charge in [0, 0.05) is 18.8 Å². The van der Waals surface area contributed by atoms with Crippen LogP contribution in [0.1, 0.15) is 20.3 Å². The van der Waals surface area contributed by atoms with E-state index in [2.05, 4.69) is 29.1 Å². The van der Waals surface area contributed by atoms with Gasteiger partial charge in [-0.15, -0.1) is 0 Å². The monoisotopic (exact) mass is 360 g/mol. The maximum absolute atomic E-state index is 13.4. The molecule has 26 heavy (non-hydrogen) atoms. The van der Waals surface area contributed by atoms with Crippen LogP contribution in [0.5, 0.6) is 0 Å². The Bertz CT molecular complexity index is 821. The number of nitro groups is 1. The molecule has 3 N–H and O–H groups in total. The lowest BCUT2D eigenvalue weighted by Gasteiger charge is -2.35. The molecule has 1 saturated heterocycles. The van der Waals surface area contributed by atoms with Crippen LogP contribution in [0.15, 0.2) is 24.3 Å². The number of nitrogens with zero attached hydrogens (tertiary/aromatic N) is 4. The smallest absolute Gasteiger partial charge is 0.353 e. The molecule has 1 aliphatic heterocycles. The molecule has 0 radical (unpaired) electrons. The van der Waals surface area contributed by atoms with E-state index in [0.717, 1.165) is 19.5 Å². The third-order valence-corrected chi connectivity index (χ3v) is 4.32. The summed E-state index contributed by atoms with van der Waals surface area (Å²) < 4.78 is 13.4. The van der Waals surface area contributed by atoms with Crippen molar-refractivity contribution in [3.05, 3.63) is 40.2 Å². The van der Waals surface area contributed by atoms with Crippen LogP contribution in [0.3, 0.4) is 0 Å². The Hall–Kier alpha value is -2.97. The summed E-state index contributed by atoms with van der Waals surface area (Å²) in [6, 6.07) is 5.61. The quantitative estimate of drug-likeness (QED) is 0.635. The second-order valence-electron chi connectivity index (χ2n) is 6.85. The zero-order valence-electron chi connectivity index (χ0n) is 14.6. The van der Waals surface area contributed by atoms with E-state index in [4.69, 9.17) is 5.73 Å². The highest BCUT2D eigenvalue weighted by Crippen LogP contribution is 2.34. The fraction of sp³-hybridized carbons (Fsp3) is 0.412. The zero-order valence-corrected chi connectivity index (χ0v) is 14.6. The van der Waals surface area contributed by atoms with Gasteiger partial charge in [0.2, 0.25) is 17.6 Å². The highest BCUT2D eigenvalue weighted by molar-refractivity contribution is 5.74. The third-order valence-electron chi connectivity index (χ3n) is 4.32. The van der Waals surface area contributed by atoms with Crippen LogP contribution in [0.2, 0.25) is 0 Å². The number of aromatic nitrogens is 2. The first-order valence-electron chi connectivity index (χ1n) is 8.43. The summed E-state index contributed by atoms with van der Waals surface area (Å²) >= 11 is 0. The summed E-state index contributed by atoms with van der Waals surface area (Å²) in [5.41, 5.74) is 5.77. The predicted molar refractivity (Wildman–Crippen MR) is 97.9 cm³/mol. The minimum absolute atomic E-state index is 0.0472. The van der Waals surface area contributed by atoms with Gasteiger partial charge in [-0.2, -0.15) is 9.97 Å². The molecule has 0 saturated carbocycles. The number of piperidine rings is 1. The largest absolute Gasteiger partial charge is 0.378 e. The molecule has 9 heteroatoms. The number of nitrogens with two attached hydrogens (primary N) is 1. The lowest BCUT2D eigenvalue weighted by atomic mass is 9.92. The van der Waals surface area contributed by atoms with Crippen molar-refractivity contribution in [2.24, 2.45) is 11.8 Å². The van der Waals surface area contributed by atoms with Gasteiger partial charge in [0.05, 0.1) is 4.92 Å². The molecule has 8 nitrogen and oxygen atoms in total. The van der Waals surface area contributed by atoms with E-state index < -0.39 is 16.4 Å². The average Bonchev–Trinajstić information content (AvgIpc) is 2.53. The molecular formula is C17H21FN6O2. The third kappa shape index (κ3) is 3.81. The Morgan fingerprint density at radius 3 is 2.62 bits per heavy atom. The molecule has 1 aromatic heterocycles. The summed E-state index contributed by atoms with van der Waals surface area (Å²) in [5.74, 6) is 0.527. The van der Waals surface area contributed by atoms with Crippen molar-refractivity contribution >= 4 is 29.0 Å². The number of benzene rings is 1. The fourth-order valence-corrected chi connectivity index (χ4v) is 3.40. The van der Waals surface area contributed by atoms with E-state index in [1.54, 1.807) is 6.07 Å². The van der Waals surface area contributed by atoms with Crippen LogP contribution in [0.4, 0.5) is 33.3 Å². The van der Waals surface area contributed by atoms with Crippen LogP contribution >= 0.6 is 0 Å². The second-order valence-corrected chi connectivity index (χ2v) is 6.85. The molecule has 2 atom stereocenters. The van der Waals surface area contributed by atoms with E-state index in [0.29, 0.717) is 23.5 Å². The van der Waals surface area contributed by atoms with E-state index >= 15 is 0 Å². The molecule has 1 fully saturated rings. The molecule has 0 bridgehead atoms. The molecule has 2 unspecified atom stereocenters. The first-order chi connectivity index (χ1) is 12.3. The maximum Gasteiger partial charge on any atom is 0.353 e. The van der Waals surface area contributed by atoms with Crippen LogP contribution < -0.4 is 16.0 Å². The average molecular weight is 360 g/mol. The lowest BCUT2D eigenvalue weighted by Crippen LogP contribution is -2.39. The van der Waals surface area contributed by atoms with Crippen LogP contribution in [0, 0.1) is 27.8 Å².